The minimum atomic E-state index is -0.723. The predicted octanol–water partition coefficient (Wildman–Crippen LogP) is 1.76. The lowest BCUT2D eigenvalue weighted by Crippen LogP contribution is -2.44. The molecule has 0 bridgehead atoms. The van der Waals surface area contributed by atoms with Crippen LogP contribution in [0.2, 0.25) is 0 Å². The molecule has 0 aliphatic carbocycles. The van der Waals surface area contributed by atoms with Crippen LogP contribution in [0.3, 0.4) is 0 Å². The highest BCUT2D eigenvalue weighted by atomic mass is 16.6. The Morgan fingerprint density at radius 2 is 1.91 bits per heavy atom. The minimum Gasteiger partial charge on any atom is -0.444 e. The van der Waals surface area contributed by atoms with Crippen LogP contribution in [0.5, 0.6) is 0 Å². The average Bonchev–Trinajstić information content (AvgIpc) is 3.31. The van der Waals surface area contributed by atoms with Crippen LogP contribution in [0.15, 0.2) is 23.0 Å². The second-order valence-electron chi connectivity index (χ2n) is 9.80. The SMILES string of the molecule is CN(C(=O)OC(C)(C)C)C1CCN(c2cccc3c2n(C)c(=O)n3C2CCC(=O)NC2=O)C1. The third-order valence-corrected chi connectivity index (χ3v) is 6.34. The Morgan fingerprint density at radius 1 is 1.18 bits per heavy atom. The number of imide groups is 1. The van der Waals surface area contributed by atoms with Gasteiger partial charge in [0.25, 0.3) is 0 Å². The highest BCUT2D eigenvalue weighted by Gasteiger charge is 2.34. The number of nitrogens with zero attached hydrogens (tertiary/aromatic N) is 4. The van der Waals surface area contributed by atoms with Crippen LogP contribution in [0, 0.1) is 0 Å². The summed E-state index contributed by atoms with van der Waals surface area (Å²) in [7, 11) is 3.44. The van der Waals surface area contributed by atoms with Crippen molar-refractivity contribution in [1.29, 1.82) is 0 Å². The van der Waals surface area contributed by atoms with Crippen molar-refractivity contribution in [2.75, 3.05) is 25.0 Å². The van der Waals surface area contributed by atoms with Crippen molar-refractivity contribution in [2.24, 2.45) is 7.05 Å². The van der Waals surface area contributed by atoms with Crippen molar-refractivity contribution in [1.82, 2.24) is 19.4 Å². The second kappa shape index (κ2) is 8.24. The Kier molecular flexibility index (Phi) is 5.71. The number of benzene rings is 1. The van der Waals surface area contributed by atoms with Gasteiger partial charge < -0.3 is 14.5 Å². The summed E-state index contributed by atoms with van der Waals surface area (Å²) in [6, 6.07) is 4.89. The molecule has 0 saturated carbocycles. The number of nitrogens with one attached hydrogen (secondary N) is 1. The van der Waals surface area contributed by atoms with Gasteiger partial charge in [-0.2, -0.15) is 0 Å². The smallest absolute Gasteiger partial charge is 0.410 e. The Labute approximate surface area is 192 Å². The maximum absolute atomic E-state index is 13.1. The van der Waals surface area contributed by atoms with Gasteiger partial charge in [0, 0.05) is 33.6 Å². The lowest BCUT2D eigenvalue weighted by molar-refractivity contribution is -0.135. The molecule has 0 spiro atoms. The molecule has 0 radical (unpaired) electrons. The van der Waals surface area contributed by atoms with Crippen LogP contribution in [0.25, 0.3) is 11.0 Å². The van der Waals surface area contributed by atoms with Gasteiger partial charge in [-0.3, -0.25) is 24.0 Å². The summed E-state index contributed by atoms with van der Waals surface area (Å²) >= 11 is 0. The van der Waals surface area contributed by atoms with Crippen molar-refractivity contribution in [3.05, 3.63) is 28.7 Å². The minimum absolute atomic E-state index is 0.0237. The average molecular weight is 458 g/mol. The summed E-state index contributed by atoms with van der Waals surface area (Å²) in [5, 5.41) is 2.34. The van der Waals surface area contributed by atoms with Gasteiger partial charge in [0.2, 0.25) is 11.8 Å². The first-order valence-corrected chi connectivity index (χ1v) is 11.2. The molecule has 2 unspecified atom stereocenters. The van der Waals surface area contributed by atoms with Crippen molar-refractivity contribution < 1.29 is 19.1 Å². The van der Waals surface area contributed by atoms with Crippen LogP contribution < -0.4 is 15.9 Å². The van der Waals surface area contributed by atoms with E-state index in [0.717, 1.165) is 17.6 Å². The quantitative estimate of drug-likeness (QED) is 0.704. The van der Waals surface area contributed by atoms with Crippen LogP contribution in [-0.4, -0.2) is 63.7 Å². The van der Waals surface area contributed by atoms with Crippen molar-refractivity contribution in [3.63, 3.8) is 0 Å². The number of carbonyl (C=O) groups is 3. The van der Waals surface area contributed by atoms with Crippen LogP contribution >= 0.6 is 0 Å². The molecule has 178 valence electrons. The number of ether oxygens (including phenoxy) is 1. The topological polar surface area (TPSA) is 106 Å². The lowest BCUT2D eigenvalue weighted by atomic mass is 10.1. The zero-order valence-corrected chi connectivity index (χ0v) is 19.8. The summed E-state index contributed by atoms with van der Waals surface area (Å²) in [5.41, 5.74) is 1.39. The summed E-state index contributed by atoms with van der Waals surface area (Å²) in [5.74, 6) is -0.770. The Bertz CT molecular complexity index is 1170. The fraction of sp³-hybridized carbons (Fsp3) is 0.565. The predicted molar refractivity (Wildman–Crippen MR) is 123 cm³/mol. The van der Waals surface area contributed by atoms with Crippen molar-refractivity contribution in [2.45, 2.75) is 57.7 Å². The number of fused-ring (bicyclic) bond motifs is 1. The van der Waals surface area contributed by atoms with E-state index in [9.17, 15) is 19.2 Å². The van der Waals surface area contributed by atoms with Gasteiger partial charge in [-0.25, -0.2) is 9.59 Å². The molecule has 2 saturated heterocycles. The van der Waals surface area contributed by atoms with Gasteiger partial charge in [-0.15, -0.1) is 0 Å². The number of aryl methyl sites for hydroxylation is 1. The molecular formula is C23H31N5O5. The first-order chi connectivity index (χ1) is 15.5. The maximum Gasteiger partial charge on any atom is 0.410 e. The Morgan fingerprint density at radius 3 is 2.58 bits per heavy atom. The molecule has 10 heteroatoms. The number of carbonyl (C=O) groups excluding carboxylic acids is 3. The van der Waals surface area contributed by atoms with Crippen LogP contribution in [0.4, 0.5) is 10.5 Å². The second-order valence-corrected chi connectivity index (χ2v) is 9.80. The van der Waals surface area contributed by atoms with E-state index in [1.807, 2.05) is 39.0 Å². The van der Waals surface area contributed by atoms with Gasteiger partial charge in [-0.05, 0) is 45.7 Å². The number of rotatable bonds is 3. The first kappa shape index (κ1) is 22.9. The number of para-hydroxylation sites is 1. The van der Waals surface area contributed by atoms with E-state index in [1.54, 1.807) is 23.6 Å². The van der Waals surface area contributed by atoms with E-state index < -0.39 is 17.6 Å². The highest BCUT2D eigenvalue weighted by molar-refractivity contribution is 6.00. The van der Waals surface area contributed by atoms with E-state index in [-0.39, 0.29) is 30.2 Å². The number of hydrogen-bond donors (Lipinski definition) is 1. The molecule has 2 aliphatic rings. The standard InChI is InChI=1S/C23H31N5O5/c1-23(2,3)33-22(32)25(4)14-11-12-27(13-14)15-7-6-8-16-19(15)26(5)21(31)28(16)17-9-10-18(29)24-20(17)30/h6-8,14,17H,9-13H2,1-5H3,(H,24,29,30). The Hall–Kier alpha value is -3.30. The maximum atomic E-state index is 13.1. The summed E-state index contributed by atoms with van der Waals surface area (Å²) in [4.78, 5) is 53.5. The zero-order chi connectivity index (χ0) is 24.1. The zero-order valence-electron chi connectivity index (χ0n) is 19.8. The molecule has 2 atom stereocenters. The number of anilines is 1. The third kappa shape index (κ3) is 4.21. The van der Waals surface area contributed by atoms with E-state index >= 15 is 0 Å². The number of piperidine rings is 1. The number of aromatic nitrogens is 2. The van der Waals surface area contributed by atoms with Crippen LogP contribution in [0.1, 0.15) is 46.1 Å². The number of amides is 3. The lowest BCUT2D eigenvalue weighted by Gasteiger charge is -2.29. The van der Waals surface area contributed by atoms with Gasteiger partial charge in [0.1, 0.15) is 11.6 Å². The molecular weight excluding hydrogens is 426 g/mol. The van der Waals surface area contributed by atoms with Gasteiger partial charge in [0.05, 0.1) is 22.8 Å². The molecule has 3 amide bonds. The molecule has 1 N–H and O–H groups in total. The van der Waals surface area contributed by atoms with E-state index in [2.05, 4.69) is 10.2 Å². The summed E-state index contributed by atoms with van der Waals surface area (Å²) < 4.78 is 8.55. The fourth-order valence-corrected chi connectivity index (χ4v) is 4.66. The third-order valence-electron chi connectivity index (χ3n) is 6.34. The fourth-order valence-electron chi connectivity index (χ4n) is 4.66. The molecule has 4 rings (SSSR count). The molecule has 2 fully saturated rings. The molecule has 10 nitrogen and oxygen atoms in total. The molecule has 33 heavy (non-hydrogen) atoms. The summed E-state index contributed by atoms with van der Waals surface area (Å²) in [6.45, 7) is 6.84. The number of hydrogen-bond acceptors (Lipinski definition) is 6. The first-order valence-electron chi connectivity index (χ1n) is 11.2. The number of likely N-dealkylation sites (N-methyl/N-ethyl adjacent to an activating group) is 1. The Balaban J connectivity index is 1.64. The van der Waals surface area contributed by atoms with E-state index in [4.69, 9.17) is 4.74 Å². The normalized spacial score (nSPS) is 21.4. The molecule has 3 heterocycles. The van der Waals surface area contributed by atoms with E-state index in [0.29, 0.717) is 25.0 Å². The highest BCUT2D eigenvalue weighted by Crippen LogP contribution is 2.32. The van der Waals surface area contributed by atoms with E-state index in [1.165, 1.54) is 4.57 Å². The molecule has 1 aromatic heterocycles. The molecule has 1 aromatic carbocycles. The van der Waals surface area contributed by atoms with Crippen LogP contribution in [-0.2, 0) is 21.4 Å². The monoisotopic (exact) mass is 457 g/mol. The van der Waals surface area contributed by atoms with Crippen molar-refractivity contribution >= 4 is 34.6 Å². The number of imidazole rings is 1. The van der Waals surface area contributed by atoms with Gasteiger partial charge >= 0.3 is 11.8 Å². The summed E-state index contributed by atoms with van der Waals surface area (Å²) in [6.07, 6.45) is 0.905. The largest absolute Gasteiger partial charge is 0.444 e. The molecule has 2 aliphatic heterocycles. The van der Waals surface area contributed by atoms with Gasteiger partial charge in [-0.1, -0.05) is 6.07 Å². The van der Waals surface area contributed by atoms with Gasteiger partial charge in [0.15, 0.2) is 0 Å². The molecule has 2 aromatic rings. The van der Waals surface area contributed by atoms with Crippen molar-refractivity contribution in [3.8, 4) is 0 Å².